The second-order valence-electron chi connectivity index (χ2n) is 7.34. The molecular weight excluding hydrogens is 331 g/mol. The number of Topliss-reactive ketones (excluding diaryl/α,β-unsaturated/α-hetero) is 1. The third kappa shape index (κ3) is 4.77. The molecule has 1 aromatic rings. The van der Waals surface area contributed by atoms with E-state index in [0.717, 1.165) is 12.8 Å². The highest BCUT2D eigenvalue weighted by molar-refractivity contribution is 5.98. The largest absolute Gasteiger partial charge is 0.341 e. The summed E-state index contributed by atoms with van der Waals surface area (Å²) in [6.45, 7) is 6.82. The standard InChI is InChI=1S/C18H25FN2O2.ClH/c1-18(2,3)16(20)17(23)21-10-4-5-13(11-21)15(22)12-6-8-14(19)9-7-12;/h6-9,13,16H,4-5,10-11,20H2,1-3H3;1H/t13?,16-;/m1./s1. The van der Waals surface area contributed by atoms with Gasteiger partial charge in [0.2, 0.25) is 5.91 Å². The maximum absolute atomic E-state index is 13.0. The summed E-state index contributed by atoms with van der Waals surface area (Å²) >= 11 is 0. The number of halogens is 2. The second kappa shape index (κ2) is 8.08. The van der Waals surface area contributed by atoms with Gasteiger partial charge in [0.15, 0.2) is 5.78 Å². The van der Waals surface area contributed by atoms with Crippen molar-refractivity contribution >= 4 is 24.1 Å². The minimum absolute atomic E-state index is 0. The Morgan fingerprint density at radius 1 is 1.25 bits per heavy atom. The second-order valence-corrected chi connectivity index (χ2v) is 7.34. The van der Waals surface area contributed by atoms with E-state index in [1.807, 2.05) is 20.8 Å². The zero-order chi connectivity index (χ0) is 17.2. The van der Waals surface area contributed by atoms with Crippen LogP contribution in [0.15, 0.2) is 24.3 Å². The Hall–Kier alpha value is -1.46. The van der Waals surface area contributed by atoms with E-state index in [4.69, 9.17) is 5.73 Å². The molecule has 2 N–H and O–H groups in total. The van der Waals surface area contributed by atoms with Gasteiger partial charge < -0.3 is 10.6 Å². The Morgan fingerprint density at radius 3 is 2.38 bits per heavy atom. The number of amides is 1. The minimum Gasteiger partial charge on any atom is -0.341 e. The molecular formula is C18H26ClFN2O2. The molecule has 4 nitrogen and oxygen atoms in total. The predicted octanol–water partition coefficient (Wildman–Crippen LogP) is 3.04. The maximum Gasteiger partial charge on any atom is 0.240 e. The molecule has 1 aromatic carbocycles. The van der Waals surface area contributed by atoms with Crippen LogP contribution in [0.25, 0.3) is 0 Å². The third-order valence-electron chi connectivity index (χ3n) is 4.43. The highest BCUT2D eigenvalue weighted by atomic mass is 35.5. The fourth-order valence-electron chi connectivity index (χ4n) is 2.81. The van der Waals surface area contributed by atoms with Crippen LogP contribution < -0.4 is 5.73 Å². The molecule has 2 atom stereocenters. The summed E-state index contributed by atoms with van der Waals surface area (Å²) in [4.78, 5) is 26.8. The third-order valence-corrected chi connectivity index (χ3v) is 4.43. The quantitative estimate of drug-likeness (QED) is 0.846. The van der Waals surface area contributed by atoms with Crippen LogP contribution in [-0.4, -0.2) is 35.7 Å². The lowest BCUT2D eigenvalue weighted by molar-refractivity contribution is -0.136. The Morgan fingerprint density at radius 2 is 1.83 bits per heavy atom. The lowest BCUT2D eigenvalue weighted by Crippen LogP contribution is -2.53. The molecule has 1 amide bonds. The predicted molar refractivity (Wildman–Crippen MR) is 94.7 cm³/mol. The van der Waals surface area contributed by atoms with E-state index in [0.29, 0.717) is 18.7 Å². The monoisotopic (exact) mass is 356 g/mol. The number of hydrogen-bond donors (Lipinski definition) is 1. The molecule has 134 valence electrons. The van der Waals surface area contributed by atoms with E-state index in [1.165, 1.54) is 24.3 Å². The van der Waals surface area contributed by atoms with Gasteiger partial charge in [-0.25, -0.2) is 4.39 Å². The Kier molecular flexibility index (Phi) is 6.93. The molecule has 0 radical (unpaired) electrons. The topological polar surface area (TPSA) is 63.4 Å². The van der Waals surface area contributed by atoms with Crippen molar-refractivity contribution in [2.75, 3.05) is 13.1 Å². The van der Waals surface area contributed by atoms with Crippen molar-refractivity contribution in [1.82, 2.24) is 4.90 Å². The van der Waals surface area contributed by atoms with Gasteiger partial charge in [0.1, 0.15) is 5.82 Å². The van der Waals surface area contributed by atoms with Crippen molar-refractivity contribution < 1.29 is 14.0 Å². The molecule has 0 aliphatic carbocycles. The Bertz CT molecular complexity index is 584. The number of nitrogens with zero attached hydrogens (tertiary/aromatic N) is 1. The lowest BCUT2D eigenvalue weighted by atomic mass is 9.85. The fourth-order valence-corrected chi connectivity index (χ4v) is 2.81. The van der Waals surface area contributed by atoms with Crippen LogP contribution in [0.2, 0.25) is 0 Å². The summed E-state index contributed by atoms with van der Waals surface area (Å²) in [6, 6.07) is 4.99. The van der Waals surface area contributed by atoms with E-state index in [-0.39, 0.29) is 41.2 Å². The molecule has 1 aliphatic rings. The molecule has 1 aliphatic heterocycles. The first kappa shape index (κ1) is 20.6. The number of ketones is 1. The van der Waals surface area contributed by atoms with Crippen LogP contribution in [0.4, 0.5) is 4.39 Å². The maximum atomic E-state index is 13.0. The SMILES string of the molecule is CC(C)(C)[C@H](N)C(=O)N1CCCC(C(=O)c2ccc(F)cc2)C1.Cl. The average molecular weight is 357 g/mol. The molecule has 0 aromatic heterocycles. The van der Waals surface area contributed by atoms with Crippen molar-refractivity contribution in [3.8, 4) is 0 Å². The van der Waals surface area contributed by atoms with Crippen LogP contribution in [0.5, 0.6) is 0 Å². The summed E-state index contributed by atoms with van der Waals surface area (Å²) in [7, 11) is 0. The van der Waals surface area contributed by atoms with E-state index in [1.54, 1.807) is 4.90 Å². The van der Waals surface area contributed by atoms with Gasteiger partial charge in [-0.05, 0) is 42.5 Å². The summed E-state index contributed by atoms with van der Waals surface area (Å²) in [5, 5.41) is 0. The molecule has 1 unspecified atom stereocenters. The van der Waals surface area contributed by atoms with Gasteiger partial charge in [-0.1, -0.05) is 20.8 Å². The number of nitrogens with two attached hydrogens (primary N) is 1. The number of benzene rings is 1. The number of rotatable bonds is 3. The first-order valence-electron chi connectivity index (χ1n) is 8.04. The first-order chi connectivity index (χ1) is 10.7. The number of likely N-dealkylation sites (tertiary alicyclic amines) is 1. The van der Waals surface area contributed by atoms with Gasteiger partial charge in [-0.2, -0.15) is 0 Å². The van der Waals surface area contributed by atoms with Gasteiger partial charge in [0.05, 0.1) is 6.04 Å². The van der Waals surface area contributed by atoms with Crippen molar-refractivity contribution in [3.63, 3.8) is 0 Å². The van der Waals surface area contributed by atoms with Crippen LogP contribution >= 0.6 is 12.4 Å². The van der Waals surface area contributed by atoms with E-state index in [2.05, 4.69) is 0 Å². The van der Waals surface area contributed by atoms with Crippen molar-refractivity contribution in [3.05, 3.63) is 35.6 Å². The van der Waals surface area contributed by atoms with E-state index < -0.39 is 6.04 Å². The molecule has 2 rings (SSSR count). The molecule has 1 heterocycles. The zero-order valence-corrected chi connectivity index (χ0v) is 15.2. The zero-order valence-electron chi connectivity index (χ0n) is 14.4. The molecule has 24 heavy (non-hydrogen) atoms. The van der Waals surface area contributed by atoms with E-state index in [9.17, 15) is 14.0 Å². The van der Waals surface area contributed by atoms with Gasteiger partial charge >= 0.3 is 0 Å². The summed E-state index contributed by atoms with van der Waals surface area (Å²) in [6.07, 6.45) is 1.52. The fraction of sp³-hybridized carbons (Fsp3) is 0.556. The van der Waals surface area contributed by atoms with Gasteiger partial charge in [0, 0.05) is 24.6 Å². The normalized spacial score (nSPS) is 19.4. The molecule has 0 bridgehead atoms. The van der Waals surface area contributed by atoms with E-state index >= 15 is 0 Å². The summed E-state index contributed by atoms with van der Waals surface area (Å²) in [5.41, 5.74) is 6.23. The van der Waals surface area contributed by atoms with Crippen molar-refractivity contribution in [2.24, 2.45) is 17.1 Å². The van der Waals surface area contributed by atoms with Crippen LogP contribution in [0.1, 0.15) is 44.0 Å². The molecule has 0 saturated carbocycles. The number of carbonyl (C=O) groups is 2. The number of piperidine rings is 1. The first-order valence-corrected chi connectivity index (χ1v) is 8.04. The lowest BCUT2D eigenvalue weighted by Gasteiger charge is -2.36. The van der Waals surface area contributed by atoms with Gasteiger partial charge in [-0.3, -0.25) is 9.59 Å². The summed E-state index contributed by atoms with van der Waals surface area (Å²) < 4.78 is 13.0. The molecule has 0 spiro atoms. The molecule has 1 fully saturated rings. The van der Waals surface area contributed by atoms with Crippen LogP contribution in [0.3, 0.4) is 0 Å². The van der Waals surface area contributed by atoms with Crippen molar-refractivity contribution in [1.29, 1.82) is 0 Å². The highest BCUT2D eigenvalue weighted by Crippen LogP contribution is 2.25. The number of carbonyl (C=O) groups excluding carboxylic acids is 2. The highest BCUT2D eigenvalue weighted by Gasteiger charge is 2.35. The van der Waals surface area contributed by atoms with Crippen LogP contribution in [0, 0.1) is 17.2 Å². The van der Waals surface area contributed by atoms with Gasteiger partial charge in [-0.15, -0.1) is 12.4 Å². The molecule has 6 heteroatoms. The van der Waals surface area contributed by atoms with Gasteiger partial charge in [0.25, 0.3) is 0 Å². The van der Waals surface area contributed by atoms with Crippen LogP contribution in [-0.2, 0) is 4.79 Å². The summed E-state index contributed by atoms with van der Waals surface area (Å²) in [5.74, 6) is -0.746. The Balaban J connectivity index is 0.00000288. The van der Waals surface area contributed by atoms with Crippen molar-refractivity contribution in [2.45, 2.75) is 39.7 Å². The average Bonchev–Trinajstić information content (AvgIpc) is 2.52. The number of hydrogen-bond acceptors (Lipinski definition) is 3. The minimum atomic E-state index is -0.581. The smallest absolute Gasteiger partial charge is 0.240 e. The molecule has 1 saturated heterocycles. The Labute approximate surface area is 149 Å².